The van der Waals surface area contributed by atoms with Crippen LogP contribution in [0.4, 0.5) is 0 Å². The molecule has 162 valence electrons. The third kappa shape index (κ3) is 6.23. The van der Waals surface area contributed by atoms with Crippen molar-refractivity contribution >= 4 is 21.5 Å². The Balaban J connectivity index is 0.000000298. The molecule has 5 rings (SSSR count). The molecule has 0 aliphatic carbocycles. The van der Waals surface area contributed by atoms with Gasteiger partial charge in [-0.3, -0.25) is 0 Å². The van der Waals surface area contributed by atoms with Gasteiger partial charge in [0.1, 0.15) is 0 Å². The fourth-order valence-corrected chi connectivity index (χ4v) is 4.17. The molecule has 0 aromatic heterocycles. The normalized spacial score (nSPS) is 10.0. The first-order valence-corrected chi connectivity index (χ1v) is 10.4. The van der Waals surface area contributed by atoms with Crippen molar-refractivity contribution in [3.63, 3.8) is 0 Å². The molecule has 0 aliphatic rings. The molecule has 0 aliphatic heterocycles. The number of halogens is 2. The van der Waals surface area contributed by atoms with Crippen molar-refractivity contribution in [2.75, 3.05) is 0 Å². The monoisotopic (exact) mass is 536 g/mol. The molecule has 0 amide bonds. The van der Waals surface area contributed by atoms with E-state index in [2.05, 4.69) is 119 Å². The number of hydrogen-bond acceptors (Lipinski definition) is 0. The van der Waals surface area contributed by atoms with E-state index in [1.807, 2.05) is 0 Å². The van der Waals surface area contributed by atoms with E-state index in [0.717, 1.165) is 0 Å². The van der Waals surface area contributed by atoms with E-state index in [1.165, 1.54) is 49.4 Å². The smallest absolute Gasteiger partial charge is 1.00 e. The number of fused-ring (bicyclic) bond motifs is 2. The molecule has 0 heterocycles. The summed E-state index contributed by atoms with van der Waals surface area (Å²) in [5.41, 5.74) is 6.77. The van der Waals surface area contributed by atoms with Gasteiger partial charge in [0.2, 0.25) is 0 Å². The molecular weight excluding hydrogens is 510 g/mol. The first-order chi connectivity index (χ1) is 14.0. The van der Waals surface area contributed by atoms with Crippen LogP contribution in [0.25, 0.3) is 32.7 Å². The third-order valence-corrected chi connectivity index (χ3v) is 5.53. The Bertz CT molecular complexity index is 1250. The van der Waals surface area contributed by atoms with E-state index < -0.39 is 0 Å². The van der Waals surface area contributed by atoms with Gasteiger partial charge in [-0.05, 0) is 11.5 Å². The quantitative estimate of drug-likeness (QED) is 0.303. The molecule has 0 unspecified atom stereocenters. The summed E-state index contributed by atoms with van der Waals surface area (Å²) in [5, 5.41) is 5.49. The van der Waals surface area contributed by atoms with Crippen LogP contribution in [0.5, 0.6) is 0 Å². The van der Waals surface area contributed by atoms with Gasteiger partial charge in [0.15, 0.2) is 0 Å². The topological polar surface area (TPSA) is 0 Å². The van der Waals surface area contributed by atoms with Gasteiger partial charge >= 0.3 is 26.2 Å². The zero-order valence-electron chi connectivity index (χ0n) is 19.0. The Labute approximate surface area is 223 Å². The summed E-state index contributed by atoms with van der Waals surface area (Å²) >= 11 is 0. The second-order valence-electron chi connectivity index (χ2n) is 8.24. The second kappa shape index (κ2) is 12.5. The second-order valence-corrected chi connectivity index (χ2v) is 8.24. The van der Waals surface area contributed by atoms with E-state index >= 15 is 0 Å². The molecule has 5 aromatic rings. The van der Waals surface area contributed by atoms with E-state index in [0.29, 0.717) is 5.92 Å². The van der Waals surface area contributed by atoms with Crippen LogP contribution in [-0.4, -0.2) is 0 Å². The number of benzene rings is 3. The van der Waals surface area contributed by atoms with Gasteiger partial charge in [0.05, 0.1) is 0 Å². The fraction of sp³-hybridized carbons (Fsp3) is 0.172. The van der Waals surface area contributed by atoms with Gasteiger partial charge in [-0.25, -0.2) is 0 Å². The maximum Gasteiger partial charge on any atom is 4.00 e. The summed E-state index contributed by atoms with van der Waals surface area (Å²) in [7, 11) is 0. The van der Waals surface area contributed by atoms with Crippen LogP contribution < -0.4 is 24.8 Å². The average molecular weight is 539 g/mol. The van der Waals surface area contributed by atoms with Crippen LogP contribution in [0.3, 0.4) is 0 Å². The van der Waals surface area contributed by atoms with Crippen molar-refractivity contribution in [1.29, 1.82) is 0 Å². The zero-order valence-corrected chi connectivity index (χ0v) is 23.0. The van der Waals surface area contributed by atoms with Gasteiger partial charge in [0.25, 0.3) is 0 Å². The van der Waals surface area contributed by atoms with Gasteiger partial charge in [-0.1, -0.05) is 81.3 Å². The minimum absolute atomic E-state index is 0. The summed E-state index contributed by atoms with van der Waals surface area (Å²) in [4.78, 5) is 0. The van der Waals surface area contributed by atoms with Gasteiger partial charge in [0, 0.05) is 0 Å². The predicted octanol–water partition coefficient (Wildman–Crippen LogP) is 2.53. The molecule has 0 spiro atoms. The largest absolute Gasteiger partial charge is 4.00 e. The van der Waals surface area contributed by atoms with Crippen molar-refractivity contribution in [2.45, 2.75) is 33.6 Å². The molecule has 0 saturated carbocycles. The molecule has 0 nitrogen and oxygen atoms in total. The van der Waals surface area contributed by atoms with Crippen molar-refractivity contribution in [3.8, 4) is 11.1 Å². The molecule has 0 saturated heterocycles. The van der Waals surface area contributed by atoms with E-state index in [-0.39, 0.29) is 51.0 Å². The molecule has 3 heteroatoms. The van der Waals surface area contributed by atoms with Crippen LogP contribution in [0.1, 0.15) is 36.5 Å². The summed E-state index contributed by atoms with van der Waals surface area (Å²) in [5.74, 6) is 0.616. The Hall–Kier alpha value is -1.66. The van der Waals surface area contributed by atoms with Crippen molar-refractivity contribution in [2.24, 2.45) is 0 Å². The molecule has 0 N–H and O–H groups in total. The minimum atomic E-state index is 0. The molecule has 0 atom stereocenters. The number of rotatable bonds is 2. The summed E-state index contributed by atoms with van der Waals surface area (Å²) < 4.78 is 0. The van der Waals surface area contributed by atoms with Gasteiger partial charge in [-0.15, -0.1) is 69.1 Å². The van der Waals surface area contributed by atoms with Crippen LogP contribution in [0, 0.1) is 13.8 Å². The molecule has 5 aromatic carbocycles. The first-order valence-electron chi connectivity index (χ1n) is 10.4. The maximum atomic E-state index is 2.28. The SMILES string of the molecule is Cc1cc2c(-c3ccccc3)cccc2[cH-]1.Cc1cc2c(C(C)C)cccc2[cH-]1.[Cl-].[Cl-].[Zr+4]. The zero-order chi connectivity index (χ0) is 20.4. The Morgan fingerprint density at radius 3 is 1.75 bits per heavy atom. The van der Waals surface area contributed by atoms with Crippen LogP contribution in [0.15, 0.2) is 91.0 Å². The van der Waals surface area contributed by atoms with E-state index in [1.54, 1.807) is 0 Å². The van der Waals surface area contributed by atoms with Crippen molar-refractivity contribution in [3.05, 3.63) is 108 Å². The first kappa shape index (κ1) is 28.4. The Morgan fingerprint density at radius 2 is 1.16 bits per heavy atom. The number of hydrogen-bond donors (Lipinski definition) is 0. The van der Waals surface area contributed by atoms with Crippen LogP contribution in [0.2, 0.25) is 0 Å². The van der Waals surface area contributed by atoms with Crippen LogP contribution in [-0.2, 0) is 26.2 Å². The van der Waals surface area contributed by atoms with Crippen molar-refractivity contribution in [1.82, 2.24) is 0 Å². The van der Waals surface area contributed by atoms with Crippen molar-refractivity contribution < 1.29 is 51.0 Å². The summed E-state index contributed by atoms with van der Waals surface area (Å²) in [6.45, 7) is 8.80. The third-order valence-electron chi connectivity index (χ3n) is 5.53. The molecule has 0 bridgehead atoms. The average Bonchev–Trinajstić information content (AvgIpc) is 3.29. The van der Waals surface area contributed by atoms with E-state index in [4.69, 9.17) is 0 Å². The van der Waals surface area contributed by atoms with E-state index in [9.17, 15) is 0 Å². The molecule has 0 fully saturated rings. The molecular formula is C29H28Cl2Zr. The summed E-state index contributed by atoms with van der Waals surface area (Å²) in [6, 6.07) is 32.7. The predicted molar refractivity (Wildman–Crippen MR) is 128 cm³/mol. The number of aryl methyl sites for hydroxylation is 2. The Morgan fingerprint density at radius 1 is 0.625 bits per heavy atom. The van der Waals surface area contributed by atoms with Gasteiger partial charge in [-0.2, -0.15) is 12.1 Å². The molecule has 32 heavy (non-hydrogen) atoms. The van der Waals surface area contributed by atoms with Crippen LogP contribution >= 0.6 is 0 Å². The summed E-state index contributed by atoms with van der Waals surface area (Å²) in [6.07, 6.45) is 0. The fourth-order valence-electron chi connectivity index (χ4n) is 4.17. The molecule has 0 radical (unpaired) electrons. The van der Waals surface area contributed by atoms with Gasteiger partial charge < -0.3 is 24.8 Å². The Kier molecular flexibility index (Phi) is 11.1. The minimum Gasteiger partial charge on any atom is -1.00 e. The maximum absolute atomic E-state index is 2.28. The standard InChI is InChI=1S/C16H13.C13H15.2ClH.Zr/c1-12-10-14-8-5-9-15(16(14)11-12)13-6-3-2-4-7-13;1-9(2)12-6-4-5-11-7-10(3)8-13(11)12;;;/h2-11H,1H3;4-9H,1-3H3;2*1H;/q2*-1;;;+4/p-2.